The Balaban J connectivity index is 1.66. The van der Waals surface area contributed by atoms with Crippen LogP contribution in [0.1, 0.15) is 28.4 Å². The maximum atomic E-state index is 11.6. The predicted molar refractivity (Wildman–Crippen MR) is 99.7 cm³/mol. The third-order valence-electron chi connectivity index (χ3n) is 3.72. The molecule has 0 bridgehead atoms. The van der Waals surface area contributed by atoms with E-state index in [1.165, 1.54) is 4.88 Å². The molecule has 0 aliphatic carbocycles. The number of hydrogen-bond donors (Lipinski definition) is 2. The van der Waals surface area contributed by atoms with Gasteiger partial charge in [0.1, 0.15) is 5.01 Å². The van der Waals surface area contributed by atoms with Crippen LogP contribution in [-0.4, -0.2) is 29.1 Å². The van der Waals surface area contributed by atoms with Gasteiger partial charge < -0.3 is 15.2 Å². The largest absolute Gasteiger partial charge is 0.356 e. The maximum absolute atomic E-state index is 11.6. The molecule has 0 aromatic carbocycles. The summed E-state index contributed by atoms with van der Waals surface area (Å²) in [5, 5.41) is 7.63. The third kappa shape index (κ3) is 5.49. The molecule has 0 amide bonds. The topological polar surface area (TPSA) is 71.3 Å². The zero-order valence-electron chi connectivity index (χ0n) is 14.5. The Hall–Kier alpha value is -2.15. The molecule has 2 N–H and O–H groups in total. The van der Waals surface area contributed by atoms with Crippen molar-refractivity contribution < 1.29 is 0 Å². The van der Waals surface area contributed by atoms with Crippen molar-refractivity contribution in [3.05, 3.63) is 50.3 Å². The molecule has 130 valence electrons. The van der Waals surface area contributed by atoms with E-state index in [2.05, 4.69) is 27.5 Å². The normalized spacial score (nSPS) is 11.5. The molecule has 0 fully saturated rings. The highest BCUT2D eigenvalue weighted by Gasteiger charge is 2.04. The Morgan fingerprint density at radius 2 is 2.12 bits per heavy atom. The van der Waals surface area contributed by atoms with Crippen LogP contribution < -0.4 is 16.2 Å². The zero-order chi connectivity index (χ0) is 17.4. The maximum Gasteiger partial charge on any atom is 0.250 e. The first-order valence-corrected chi connectivity index (χ1v) is 8.94. The number of nitrogens with one attached hydrogen (secondary N) is 2. The second-order valence-electron chi connectivity index (χ2n) is 5.54. The standard InChI is InChI=1S/C17H25N5OS/c1-13-14(2)24-15(21-13)12-20-17(18-3)19-9-5-7-11-22-10-6-4-8-16(22)23/h4,6,8,10H,5,7,9,11-12H2,1-3H3,(H2,18,19,20). The van der Waals surface area contributed by atoms with Gasteiger partial charge in [0.2, 0.25) is 5.56 Å². The van der Waals surface area contributed by atoms with Gasteiger partial charge in [0.05, 0.1) is 12.2 Å². The van der Waals surface area contributed by atoms with Crippen LogP contribution in [0, 0.1) is 13.8 Å². The lowest BCUT2D eigenvalue weighted by Crippen LogP contribution is -2.37. The van der Waals surface area contributed by atoms with Gasteiger partial charge in [0.25, 0.3) is 0 Å². The van der Waals surface area contributed by atoms with Crippen LogP contribution in [0.4, 0.5) is 0 Å². The average Bonchev–Trinajstić information content (AvgIpc) is 2.90. The van der Waals surface area contributed by atoms with Gasteiger partial charge in [0.15, 0.2) is 5.96 Å². The molecule has 24 heavy (non-hydrogen) atoms. The van der Waals surface area contributed by atoms with E-state index >= 15 is 0 Å². The average molecular weight is 347 g/mol. The quantitative estimate of drug-likeness (QED) is 0.457. The van der Waals surface area contributed by atoms with Crippen LogP contribution in [-0.2, 0) is 13.1 Å². The van der Waals surface area contributed by atoms with Crippen LogP contribution in [0.5, 0.6) is 0 Å². The van der Waals surface area contributed by atoms with Gasteiger partial charge in [-0.1, -0.05) is 6.07 Å². The summed E-state index contributed by atoms with van der Waals surface area (Å²) in [7, 11) is 1.76. The molecule has 0 radical (unpaired) electrons. The molecule has 6 nitrogen and oxygen atoms in total. The van der Waals surface area contributed by atoms with Gasteiger partial charge in [-0.3, -0.25) is 9.79 Å². The minimum Gasteiger partial charge on any atom is -0.356 e. The molecular weight excluding hydrogens is 322 g/mol. The van der Waals surface area contributed by atoms with Crippen molar-refractivity contribution in [2.45, 2.75) is 39.8 Å². The van der Waals surface area contributed by atoms with Crippen molar-refractivity contribution in [2.24, 2.45) is 4.99 Å². The van der Waals surface area contributed by atoms with E-state index in [1.807, 2.05) is 19.2 Å². The fraction of sp³-hybridized carbons (Fsp3) is 0.471. The lowest BCUT2D eigenvalue weighted by molar-refractivity contribution is 0.585. The van der Waals surface area contributed by atoms with Crippen LogP contribution in [0.3, 0.4) is 0 Å². The van der Waals surface area contributed by atoms with Gasteiger partial charge in [-0.05, 0) is 32.8 Å². The number of aryl methyl sites for hydroxylation is 3. The molecule has 0 aliphatic heterocycles. The molecule has 0 saturated heterocycles. The van der Waals surface area contributed by atoms with Gasteiger partial charge >= 0.3 is 0 Å². The number of hydrogen-bond acceptors (Lipinski definition) is 4. The molecule has 2 aromatic rings. The summed E-state index contributed by atoms with van der Waals surface area (Å²) < 4.78 is 1.74. The highest BCUT2D eigenvalue weighted by molar-refractivity contribution is 7.11. The van der Waals surface area contributed by atoms with Crippen molar-refractivity contribution in [1.82, 2.24) is 20.2 Å². The first kappa shape index (κ1) is 18.2. The molecule has 0 saturated carbocycles. The number of guanidine groups is 1. The van der Waals surface area contributed by atoms with Gasteiger partial charge in [0, 0.05) is 37.3 Å². The number of pyridine rings is 1. The summed E-state index contributed by atoms with van der Waals surface area (Å²) >= 11 is 1.71. The number of thiazole rings is 1. The molecule has 7 heteroatoms. The summed E-state index contributed by atoms with van der Waals surface area (Å²) in [5.74, 6) is 0.775. The first-order chi connectivity index (χ1) is 11.6. The number of aliphatic imine (C=N–C) groups is 1. The zero-order valence-corrected chi connectivity index (χ0v) is 15.3. The van der Waals surface area contributed by atoms with E-state index in [0.29, 0.717) is 6.54 Å². The predicted octanol–water partition coefficient (Wildman–Crippen LogP) is 2.07. The van der Waals surface area contributed by atoms with Crippen LogP contribution in [0.25, 0.3) is 0 Å². The Morgan fingerprint density at radius 1 is 1.29 bits per heavy atom. The number of nitrogens with zero attached hydrogens (tertiary/aromatic N) is 3. The third-order valence-corrected chi connectivity index (χ3v) is 4.79. The van der Waals surface area contributed by atoms with E-state index in [1.54, 1.807) is 35.1 Å². The van der Waals surface area contributed by atoms with Crippen molar-refractivity contribution in [3.8, 4) is 0 Å². The van der Waals surface area contributed by atoms with E-state index in [9.17, 15) is 4.79 Å². The van der Waals surface area contributed by atoms with Crippen molar-refractivity contribution in [1.29, 1.82) is 0 Å². The molecule has 0 spiro atoms. The Bertz CT molecular complexity index is 715. The second-order valence-corrected chi connectivity index (χ2v) is 6.83. The van der Waals surface area contributed by atoms with Crippen molar-refractivity contribution in [2.75, 3.05) is 13.6 Å². The van der Waals surface area contributed by atoms with Crippen LogP contribution in [0.15, 0.2) is 34.2 Å². The molecule has 0 aliphatic rings. The van der Waals surface area contributed by atoms with Gasteiger partial charge in [-0.15, -0.1) is 11.3 Å². The molecule has 0 unspecified atom stereocenters. The number of rotatable bonds is 7. The van der Waals surface area contributed by atoms with Crippen LogP contribution in [0.2, 0.25) is 0 Å². The molecule has 2 heterocycles. The summed E-state index contributed by atoms with van der Waals surface area (Å²) in [4.78, 5) is 21.6. The highest BCUT2D eigenvalue weighted by Crippen LogP contribution is 2.15. The Kier molecular flexibility index (Phi) is 6.99. The van der Waals surface area contributed by atoms with Crippen molar-refractivity contribution in [3.63, 3.8) is 0 Å². The second kappa shape index (κ2) is 9.22. The monoisotopic (exact) mass is 347 g/mol. The first-order valence-electron chi connectivity index (χ1n) is 8.13. The van der Waals surface area contributed by atoms with E-state index < -0.39 is 0 Å². The van der Waals surface area contributed by atoms with Gasteiger partial charge in [-0.2, -0.15) is 0 Å². The number of aromatic nitrogens is 2. The summed E-state index contributed by atoms with van der Waals surface area (Å²) in [6.07, 6.45) is 3.74. The SMILES string of the molecule is CN=C(NCCCCn1ccccc1=O)NCc1nc(C)c(C)s1. The van der Waals surface area contributed by atoms with E-state index in [-0.39, 0.29) is 5.56 Å². The fourth-order valence-electron chi connectivity index (χ4n) is 2.25. The van der Waals surface area contributed by atoms with E-state index in [4.69, 9.17) is 0 Å². The number of unbranched alkanes of at least 4 members (excludes halogenated alkanes) is 1. The molecule has 2 aromatic heterocycles. The van der Waals surface area contributed by atoms with Gasteiger partial charge in [-0.25, -0.2) is 4.98 Å². The summed E-state index contributed by atoms with van der Waals surface area (Å²) in [6, 6.07) is 5.24. The molecular formula is C17H25N5OS. The summed E-state index contributed by atoms with van der Waals surface area (Å²) in [6.45, 7) is 6.35. The van der Waals surface area contributed by atoms with E-state index in [0.717, 1.165) is 42.6 Å². The minimum absolute atomic E-state index is 0.0528. The summed E-state index contributed by atoms with van der Waals surface area (Å²) in [5.41, 5.74) is 1.15. The van der Waals surface area contributed by atoms with Crippen molar-refractivity contribution >= 4 is 17.3 Å². The lowest BCUT2D eigenvalue weighted by atomic mass is 10.3. The smallest absolute Gasteiger partial charge is 0.250 e. The Labute approximate surface area is 146 Å². The lowest BCUT2D eigenvalue weighted by Gasteiger charge is -2.11. The molecule has 0 atom stereocenters. The highest BCUT2D eigenvalue weighted by atomic mass is 32.1. The minimum atomic E-state index is 0.0528. The van der Waals surface area contributed by atoms with Crippen LogP contribution >= 0.6 is 11.3 Å². The molecule has 2 rings (SSSR count). The Morgan fingerprint density at radius 3 is 2.79 bits per heavy atom. The fourth-order valence-corrected chi connectivity index (χ4v) is 3.13.